The highest BCUT2D eigenvalue weighted by atomic mass is 32.2. The molecule has 156 valence electrons. The van der Waals surface area contributed by atoms with Crippen LogP contribution in [0.1, 0.15) is 103 Å². The van der Waals surface area contributed by atoms with E-state index in [2.05, 4.69) is 90.0 Å². The number of hydrogen-bond acceptors (Lipinski definition) is 2. The molecule has 0 saturated heterocycles. The Morgan fingerprint density at radius 2 is 1.19 bits per heavy atom. The maximum Gasteiger partial charge on any atom is 0.192 e. The minimum Gasteiger partial charge on any atom is -0.287 e. The first-order valence-electron chi connectivity index (χ1n) is 10.7. The molecule has 26 heavy (non-hydrogen) atoms. The van der Waals surface area contributed by atoms with Crippen molar-refractivity contribution in [2.24, 2.45) is 40.4 Å². The molecular weight excluding hydrogens is 336 g/mol. The Bertz CT molecular complexity index is 435. The number of carbonyl (C=O) groups excluding carboxylic acids is 1. The molecule has 0 aromatic carbocycles. The largest absolute Gasteiger partial charge is 0.287 e. The second kappa shape index (κ2) is 9.48. The summed E-state index contributed by atoms with van der Waals surface area (Å²) in [7, 11) is 0. The van der Waals surface area contributed by atoms with Crippen LogP contribution in [0, 0.1) is 40.4 Å². The Hall–Kier alpha value is 0.0200. The highest BCUT2D eigenvalue weighted by Crippen LogP contribution is 2.46. The Kier molecular flexibility index (Phi) is 9.49. The van der Waals surface area contributed by atoms with Gasteiger partial charge >= 0.3 is 0 Å². The molecule has 1 atom stereocenters. The molecule has 0 rings (SSSR count). The Balaban J connectivity index is 5.06. The van der Waals surface area contributed by atoms with Crippen molar-refractivity contribution in [3.63, 3.8) is 0 Å². The van der Waals surface area contributed by atoms with E-state index in [4.69, 9.17) is 0 Å². The normalized spacial score (nSPS) is 15.4. The van der Waals surface area contributed by atoms with Crippen molar-refractivity contribution in [1.29, 1.82) is 0 Å². The van der Waals surface area contributed by atoms with E-state index >= 15 is 0 Å². The van der Waals surface area contributed by atoms with Crippen LogP contribution in [-0.2, 0) is 4.79 Å². The molecule has 2 heteroatoms. The zero-order valence-electron chi connectivity index (χ0n) is 20.1. The van der Waals surface area contributed by atoms with E-state index in [-0.39, 0.29) is 21.5 Å². The summed E-state index contributed by atoms with van der Waals surface area (Å²) in [5, 5.41) is 0.369. The zero-order valence-corrected chi connectivity index (χ0v) is 20.9. The van der Waals surface area contributed by atoms with E-state index in [9.17, 15) is 4.79 Å². The summed E-state index contributed by atoms with van der Waals surface area (Å²) in [5.74, 6) is 2.64. The Morgan fingerprint density at radius 1 is 0.769 bits per heavy atom. The van der Waals surface area contributed by atoms with E-state index in [1.54, 1.807) is 11.8 Å². The van der Waals surface area contributed by atoms with Gasteiger partial charge in [-0.05, 0) is 47.3 Å². The number of thioether (sulfide) groups is 1. The smallest absolute Gasteiger partial charge is 0.192 e. The monoisotopic (exact) mass is 384 g/mol. The van der Waals surface area contributed by atoms with Crippen LogP contribution in [0.15, 0.2) is 0 Å². The first kappa shape index (κ1) is 26.0. The van der Waals surface area contributed by atoms with Gasteiger partial charge in [-0.25, -0.2) is 0 Å². The average molecular weight is 385 g/mol. The van der Waals surface area contributed by atoms with Crippen molar-refractivity contribution in [1.82, 2.24) is 0 Å². The number of hydrogen-bond donors (Lipinski definition) is 0. The molecule has 0 aliphatic rings. The minimum atomic E-state index is -0.0151. The van der Waals surface area contributed by atoms with Gasteiger partial charge in [0.05, 0.1) is 0 Å². The van der Waals surface area contributed by atoms with Gasteiger partial charge in [0.25, 0.3) is 0 Å². The quantitative estimate of drug-likeness (QED) is 0.378. The number of rotatable bonds is 10. The maximum absolute atomic E-state index is 13.0. The third-order valence-corrected chi connectivity index (χ3v) is 7.70. The first-order valence-corrected chi connectivity index (χ1v) is 11.5. The summed E-state index contributed by atoms with van der Waals surface area (Å²) in [6, 6.07) is 0. The van der Waals surface area contributed by atoms with E-state index in [1.807, 2.05) is 0 Å². The molecule has 0 heterocycles. The van der Waals surface area contributed by atoms with Gasteiger partial charge in [0.1, 0.15) is 0 Å². The highest BCUT2D eigenvalue weighted by Gasteiger charge is 2.38. The van der Waals surface area contributed by atoms with Gasteiger partial charge < -0.3 is 0 Å². The van der Waals surface area contributed by atoms with Gasteiger partial charge in [0.2, 0.25) is 0 Å². The van der Waals surface area contributed by atoms with E-state index < -0.39 is 0 Å². The molecule has 0 amide bonds. The van der Waals surface area contributed by atoms with E-state index in [0.29, 0.717) is 28.8 Å². The fourth-order valence-electron chi connectivity index (χ4n) is 5.29. The van der Waals surface area contributed by atoms with Gasteiger partial charge in [-0.1, -0.05) is 102 Å². The molecule has 0 aliphatic carbocycles. The fraction of sp³-hybridized carbons (Fsp3) is 0.958. The minimum absolute atomic E-state index is 0.0151. The standard InChI is InChI=1S/C24H48OS/c1-16(2)20(17(3)4)22(8,9)14-19(7)21(25)26-24(12,13)15-23(10,11)18(5)6/h16-20H,14-15H2,1-13H3. The lowest BCUT2D eigenvalue weighted by atomic mass is 9.64. The summed E-state index contributed by atoms with van der Waals surface area (Å²) < 4.78 is -0.0151. The van der Waals surface area contributed by atoms with Crippen molar-refractivity contribution in [2.75, 3.05) is 0 Å². The summed E-state index contributed by atoms with van der Waals surface area (Å²) in [5.41, 5.74) is 0.430. The second-order valence-corrected chi connectivity index (χ2v) is 13.3. The molecule has 0 radical (unpaired) electrons. The van der Waals surface area contributed by atoms with Crippen LogP contribution < -0.4 is 0 Å². The van der Waals surface area contributed by atoms with E-state index in [1.165, 1.54) is 0 Å². The molecule has 0 saturated carbocycles. The van der Waals surface area contributed by atoms with Crippen molar-refractivity contribution in [2.45, 2.75) is 108 Å². The third-order valence-electron chi connectivity index (χ3n) is 6.39. The molecule has 0 spiro atoms. The number of carbonyl (C=O) groups is 1. The van der Waals surface area contributed by atoms with Crippen LogP contribution >= 0.6 is 11.8 Å². The molecule has 0 fully saturated rings. The molecule has 0 bridgehead atoms. The van der Waals surface area contributed by atoms with Crippen molar-refractivity contribution in [3.05, 3.63) is 0 Å². The highest BCUT2D eigenvalue weighted by molar-refractivity contribution is 8.14. The van der Waals surface area contributed by atoms with Gasteiger partial charge in [0.15, 0.2) is 5.12 Å². The molecule has 1 unspecified atom stereocenters. The summed E-state index contributed by atoms with van der Waals surface area (Å²) in [6.07, 6.45) is 2.04. The van der Waals surface area contributed by atoms with Crippen LogP contribution in [0.4, 0.5) is 0 Å². The molecule has 0 N–H and O–H groups in total. The lowest BCUT2D eigenvalue weighted by Crippen LogP contribution is -2.36. The molecular formula is C24H48OS. The summed E-state index contributed by atoms with van der Waals surface area (Å²) in [6.45, 7) is 29.9. The molecule has 0 aromatic rings. The summed E-state index contributed by atoms with van der Waals surface area (Å²) in [4.78, 5) is 13.0. The van der Waals surface area contributed by atoms with Gasteiger partial charge in [-0.3, -0.25) is 4.79 Å². The molecule has 0 aromatic heterocycles. The lowest BCUT2D eigenvalue weighted by Gasteiger charge is -2.42. The summed E-state index contributed by atoms with van der Waals surface area (Å²) >= 11 is 1.58. The zero-order chi connectivity index (χ0) is 21.1. The maximum atomic E-state index is 13.0. The molecule has 1 nitrogen and oxygen atoms in total. The topological polar surface area (TPSA) is 17.1 Å². The van der Waals surface area contributed by atoms with Crippen molar-refractivity contribution >= 4 is 16.9 Å². The molecule has 0 aliphatic heterocycles. The first-order chi connectivity index (χ1) is 11.4. The van der Waals surface area contributed by atoms with Gasteiger partial charge in [-0.2, -0.15) is 0 Å². The fourth-order valence-corrected chi connectivity index (χ4v) is 6.57. The van der Waals surface area contributed by atoms with Gasteiger partial charge in [-0.15, -0.1) is 0 Å². The Labute approximate surface area is 169 Å². The van der Waals surface area contributed by atoms with Crippen molar-refractivity contribution in [3.8, 4) is 0 Å². The van der Waals surface area contributed by atoms with Crippen LogP contribution in [0.3, 0.4) is 0 Å². The van der Waals surface area contributed by atoms with Crippen LogP contribution in [0.5, 0.6) is 0 Å². The SMILES string of the molecule is CC(CC(C)(C)C(C(C)C)C(C)C)C(=O)SC(C)(C)CC(C)(C)C(C)C. The second-order valence-electron chi connectivity index (χ2n) is 11.6. The van der Waals surface area contributed by atoms with Crippen LogP contribution in [0.25, 0.3) is 0 Å². The third kappa shape index (κ3) is 7.95. The Morgan fingerprint density at radius 3 is 1.54 bits per heavy atom. The lowest BCUT2D eigenvalue weighted by molar-refractivity contribution is -0.115. The predicted molar refractivity (Wildman–Crippen MR) is 121 cm³/mol. The van der Waals surface area contributed by atoms with Crippen LogP contribution in [-0.4, -0.2) is 9.86 Å². The van der Waals surface area contributed by atoms with Crippen LogP contribution in [0.2, 0.25) is 0 Å². The average Bonchev–Trinajstić information content (AvgIpc) is 2.33. The van der Waals surface area contributed by atoms with E-state index in [0.717, 1.165) is 12.8 Å². The predicted octanol–water partition coefficient (Wildman–Crippen LogP) is 8.08. The van der Waals surface area contributed by atoms with Gasteiger partial charge in [0, 0.05) is 10.7 Å². The van der Waals surface area contributed by atoms with Crippen molar-refractivity contribution < 1.29 is 4.79 Å².